The third-order valence-electron chi connectivity index (χ3n) is 2.27. The van der Waals surface area contributed by atoms with Crippen molar-refractivity contribution >= 4 is 23.4 Å². The van der Waals surface area contributed by atoms with Gasteiger partial charge in [-0.05, 0) is 30.0 Å². The predicted octanol–water partition coefficient (Wildman–Crippen LogP) is 2.32. The maximum Gasteiger partial charge on any atom is 0.356 e. The summed E-state index contributed by atoms with van der Waals surface area (Å²) in [4.78, 5) is 29.9. The summed E-state index contributed by atoms with van der Waals surface area (Å²) in [6.45, 7) is 0. The fourth-order valence-corrected chi connectivity index (χ4v) is 2.22. The maximum absolute atomic E-state index is 11.4. The molecular weight excluding hydrogens is 282 g/mol. The molecule has 0 aliphatic rings. The van der Waals surface area contributed by atoms with Crippen molar-refractivity contribution in [1.82, 2.24) is 9.97 Å². The van der Waals surface area contributed by atoms with Gasteiger partial charge in [0.05, 0.1) is 12.0 Å². The van der Waals surface area contributed by atoms with Crippen molar-refractivity contribution in [3.8, 4) is 0 Å². The molecule has 2 heterocycles. The van der Waals surface area contributed by atoms with Gasteiger partial charge in [0.15, 0.2) is 5.03 Å². The average Bonchev–Trinajstić information content (AvgIpc) is 2.47. The number of hydrogen-bond donors (Lipinski definition) is 0. The molecule has 0 amide bonds. The van der Waals surface area contributed by atoms with Crippen LogP contribution >= 0.6 is 11.8 Å². The maximum atomic E-state index is 11.4. The minimum atomic E-state index is -0.650. The van der Waals surface area contributed by atoms with Gasteiger partial charge in [0.1, 0.15) is 10.7 Å². The Morgan fingerprint density at radius 1 is 1.35 bits per heavy atom. The van der Waals surface area contributed by atoms with Crippen molar-refractivity contribution in [2.24, 2.45) is 0 Å². The van der Waals surface area contributed by atoms with E-state index in [2.05, 4.69) is 14.7 Å². The molecular formula is C12H9N3O4S. The van der Waals surface area contributed by atoms with Crippen LogP contribution in [0.5, 0.6) is 0 Å². The number of carbonyl (C=O) groups excluding carboxylic acids is 1. The largest absolute Gasteiger partial charge is 0.464 e. The molecule has 2 rings (SSSR count). The molecule has 2 aromatic rings. The van der Waals surface area contributed by atoms with E-state index >= 15 is 0 Å². The second-order valence-corrected chi connectivity index (χ2v) is 4.55. The van der Waals surface area contributed by atoms with E-state index in [9.17, 15) is 14.9 Å². The van der Waals surface area contributed by atoms with E-state index < -0.39 is 10.9 Å². The lowest BCUT2D eigenvalue weighted by atomic mass is 10.3. The van der Waals surface area contributed by atoms with Crippen molar-refractivity contribution in [2.75, 3.05) is 7.11 Å². The van der Waals surface area contributed by atoms with Crippen LogP contribution in [0.25, 0.3) is 0 Å². The highest BCUT2D eigenvalue weighted by Gasteiger charge is 2.20. The van der Waals surface area contributed by atoms with E-state index in [-0.39, 0.29) is 16.4 Å². The van der Waals surface area contributed by atoms with E-state index in [4.69, 9.17) is 0 Å². The number of esters is 1. The molecule has 0 saturated carbocycles. The highest BCUT2D eigenvalue weighted by atomic mass is 32.2. The van der Waals surface area contributed by atoms with E-state index in [0.29, 0.717) is 5.03 Å². The Bertz CT molecular complexity index is 648. The molecule has 0 unspecified atom stereocenters. The molecule has 0 atom stereocenters. The fraction of sp³-hybridized carbons (Fsp3) is 0.0833. The van der Waals surface area contributed by atoms with E-state index in [0.717, 1.165) is 11.8 Å². The smallest absolute Gasteiger partial charge is 0.356 e. The van der Waals surface area contributed by atoms with E-state index in [1.54, 1.807) is 24.4 Å². The standard InChI is InChI=1S/C12H9N3O4S/c1-19-12(16)8-5-6-9(15(17)18)11(14-8)20-10-4-2-3-7-13-10/h2-7H,1H3. The Morgan fingerprint density at radius 2 is 2.15 bits per heavy atom. The predicted molar refractivity (Wildman–Crippen MR) is 70.6 cm³/mol. The summed E-state index contributed by atoms with van der Waals surface area (Å²) in [7, 11) is 1.22. The molecule has 0 saturated heterocycles. The van der Waals surface area contributed by atoms with Crippen molar-refractivity contribution in [3.05, 3.63) is 52.3 Å². The molecule has 8 heteroatoms. The molecule has 20 heavy (non-hydrogen) atoms. The first kappa shape index (κ1) is 13.9. The number of ether oxygens (including phenoxy) is 1. The summed E-state index contributed by atoms with van der Waals surface area (Å²) in [6, 6.07) is 7.67. The Balaban J connectivity index is 2.42. The van der Waals surface area contributed by atoms with Gasteiger partial charge in [0.2, 0.25) is 0 Å². The van der Waals surface area contributed by atoms with Crippen molar-refractivity contribution in [2.45, 2.75) is 10.1 Å². The number of aromatic nitrogens is 2. The summed E-state index contributed by atoms with van der Waals surface area (Å²) >= 11 is 1.01. The summed E-state index contributed by atoms with van der Waals surface area (Å²) in [6.07, 6.45) is 1.57. The van der Waals surface area contributed by atoms with Crippen molar-refractivity contribution < 1.29 is 14.5 Å². The Morgan fingerprint density at radius 3 is 2.75 bits per heavy atom. The topological polar surface area (TPSA) is 95.2 Å². The first-order valence-corrected chi connectivity index (χ1v) is 6.26. The van der Waals surface area contributed by atoms with Crippen LogP contribution in [0.3, 0.4) is 0 Å². The lowest BCUT2D eigenvalue weighted by Gasteiger charge is -2.03. The second kappa shape index (κ2) is 6.11. The first-order valence-electron chi connectivity index (χ1n) is 5.44. The van der Waals surface area contributed by atoms with Gasteiger partial charge in [-0.25, -0.2) is 14.8 Å². The van der Waals surface area contributed by atoms with Crippen LogP contribution in [0.15, 0.2) is 46.6 Å². The van der Waals surface area contributed by atoms with Gasteiger partial charge in [0, 0.05) is 12.3 Å². The molecule has 0 aliphatic carbocycles. The normalized spacial score (nSPS) is 10.1. The number of methoxy groups -OCH3 is 1. The zero-order chi connectivity index (χ0) is 14.5. The van der Waals surface area contributed by atoms with Gasteiger partial charge in [-0.2, -0.15) is 0 Å². The lowest BCUT2D eigenvalue weighted by Crippen LogP contribution is -2.06. The highest BCUT2D eigenvalue weighted by molar-refractivity contribution is 7.99. The summed E-state index contributed by atoms with van der Waals surface area (Å²) in [5.74, 6) is -0.650. The van der Waals surface area contributed by atoms with Crippen LogP contribution in [0.4, 0.5) is 5.69 Å². The zero-order valence-electron chi connectivity index (χ0n) is 10.3. The summed E-state index contributed by atoms with van der Waals surface area (Å²) in [5, 5.41) is 11.6. The molecule has 102 valence electrons. The van der Waals surface area contributed by atoms with Crippen LogP contribution in [-0.4, -0.2) is 28.0 Å². The van der Waals surface area contributed by atoms with Crippen LogP contribution in [0.2, 0.25) is 0 Å². The van der Waals surface area contributed by atoms with Crippen LogP contribution in [0, 0.1) is 10.1 Å². The minimum absolute atomic E-state index is 0.0107. The fourth-order valence-electron chi connectivity index (χ4n) is 1.37. The molecule has 0 aliphatic heterocycles. The minimum Gasteiger partial charge on any atom is -0.464 e. The quantitative estimate of drug-likeness (QED) is 0.484. The van der Waals surface area contributed by atoms with E-state index in [1.165, 1.54) is 19.2 Å². The Kier molecular flexibility index (Phi) is 4.26. The average molecular weight is 291 g/mol. The number of pyridine rings is 2. The van der Waals surface area contributed by atoms with Crippen molar-refractivity contribution in [1.29, 1.82) is 0 Å². The Labute approximate surface area is 118 Å². The van der Waals surface area contributed by atoms with Gasteiger partial charge in [-0.3, -0.25) is 10.1 Å². The number of nitro groups is 1. The van der Waals surface area contributed by atoms with Crippen molar-refractivity contribution in [3.63, 3.8) is 0 Å². The molecule has 0 radical (unpaired) electrons. The number of hydrogen-bond acceptors (Lipinski definition) is 7. The van der Waals surface area contributed by atoms with Crippen LogP contribution in [0.1, 0.15) is 10.5 Å². The van der Waals surface area contributed by atoms with Gasteiger partial charge in [0.25, 0.3) is 0 Å². The van der Waals surface area contributed by atoms with Gasteiger partial charge in [-0.1, -0.05) is 6.07 Å². The number of nitrogens with zero attached hydrogens (tertiary/aromatic N) is 3. The van der Waals surface area contributed by atoms with Crippen LogP contribution in [-0.2, 0) is 4.74 Å². The molecule has 7 nitrogen and oxygen atoms in total. The van der Waals surface area contributed by atoms with Crippen LogP contribution < -0.4 is 0 Å². The van der Waals surface area contributed by atoms with E-state index in [1.807, 2.05) is 0 Å². The van der Waals surface area contributed by atoms with Gasteiger partial charge < -0.3 is 4.74 Å². The van der Waals surface area contributed by atoms with Gasteiger partial charge >= 0.3 is 11.7 Å². The molecule has 2 aromatic heterocycles. The molecule has 0 bridgehead atoms. The third-order valence-corrected chi connectivity index (χ3v) is 3.21. The second-order valence-electron chi connectivity index (χ2n) is 3.54. The zero-order valence-corrected chi connectivity index (χ0v) is 11.2. The molecule has 0 fully saturated rings. The van der Waals surface area contributed by atoms with Gasteiger partial charge in [-0.15, -0.1) is 0 Å². The SMILES string of the molecule is COC(=O)c1ccc([N+](=O)[O-])c(Sc2ccccn2)n1. The summed E-state index contributed by atoms with van der Waals surface area (Å²) < 4.78 is 4.55. The number of carbonyl (C=O) groups is 1. The summed E-state index contributed by atoms with van der Waals surface area (Å²) in [5.41, 5.74) is -0.176. The lowest BCUT2D eigenvalue weighted by molar-refractivity contribution is -0.388. The molecule has 0 spiro atoms. The molecule has 0 N–H and O–H groups in total. The Hall–Kier alpha value is -2.48. The third kappa shape index (κ3) is 3.09. The monoisotopic (exact) mass is 291 g/mol. The first-order chi connectivity index (χ1) is 9.61. The highest BCUT2D eigenvalue weighted by Crippen LogP contribution is 2.32. The molecule has 0 aromatic carbocycles. The number of rotatable bonds is 4.